The van der Waals surface area contributed by atoms with Crippen molar-refractivity contribution in [1.82, 2.24) is 10.6 Å². The molecule has 0 aliphatic rings. The van der Waals surface area contributed by atoms with Crippen molar-refractivity contribution in [3.05, 3.63) is 47.5 Å². The molecule has 0 spiro atoms. The second kappa shape index (κ2) is 9.70. The summed E-state index contributed by atoms with van der Waals surface area (Å²) in [5.41, 5.74) is 0.504. The van der Waals surface area contributed by atoms with Crippen LogP contribution in [0.15, 0.2) is 36.4 Å². The molecule has 0 aromatic heterocycles. The Bertz CT molecular complexity index is 943. The second-order valence-electron chi connectivity index (χ2n) is 7.65. The number of hydrogen-bond acceptors (Lipinski definition) is 7. The van der Waals surface area contributed by atoms with Crippen LogP contribution in [0.3, 0.4) is 0 Å². The van der Waals surface area contributed by atoms with Gasteiger partial charge in [-0.15, -0.1) is 0 Å². The van der Waals surface area contributed by atoms with Crippen molar-refractivity contribution in [1.29, 1.82) is 0 Å². The van der Waals surface area contributed by atoms with Gasteiger partial charge in [0, 0.05) is 17.8 Å². The quantitative estimate of drug-likeness (QED) is 0.383. The molecule has 0 aliphatic heterocycles. The van der Waals surface area contributed by atoms with E-state index in [1.165, 1.54) is 0 Å². The summed E-state index contributed by atoms with van der Waals surface area (Å²) in [6.45, 7) is 5.14. The number of carbonyl (C=O) groups excluding carboxylic acids is 3. The third-order valence-corrected chi connectivity index (χ3v) is 3.83. The first-order valence-electron chi connectivity index (χ1n) is 9.33. The zero-order chi connectivity index (χ0) is 23.2. The third kappa shape index (κ3) is 7.42. The third-order valence-electron chi connectivity index (χ3n) is 3.83. The second-order valence-corrected chi connectivity index (χ2v) is 7.65. The van der Waals surface area contributed by atoms with Gasteiger partial charge in [-0.05, 0) is 50.6 Å². The van der Waals surface area contributed by atoms with Crippen LogP contribution >= 0.6 is 0 Å². The van der Waals surface area contributed by atoms with Gasteiger partial charge in [0.25, 0.3) is 5.91 Å². The summed E-state index contributed by atoms with van der Waals surface area (Å²) in [4.78, 5) is 35.6. The molecule has 0 unspecified atom stereocenters. The number of benzene rings is 2. The number of aromatic hydroxyl groups is 3. The van der Waals surface area contributed by atoms with Crippen molar-refractivity contribution in [2.24, 2.45) is 0 Å². The summed E-state index contributed by atoms with van der Waals surface area (Å²) in [5, 5.41) is 35.9. The predicted octanol–water partition coefficient (Wildman–Crippen LogP) is 2.20. The molecule has 2 aromatic carbocycles. The molecule has 0 bridgehead atoms. The molecular formula is C21H25N3O7. The van der Waals surface area contributed by atoms with Crippen LogP contribution in [0.25, 0.3) is 0 Å². The summed E-state index contributed by atoms with van der Waals surface area (Å²) in [7, 11) is 0. The molecule has 31 heavy (non-hydrogen) atoms. The minimum absolute atomic E-state index is 0.0402. The number of amides is 3. The fraction of sp³-hybridized carbons (Fsp3) is 0.286. The molecular weight excluding hydrogens is 406 g/mol. The Morgan fingerprint density at radius 3 is 2.06 bits per heavy atom. The highest BCUT2D eigenvalue weighted by Gasteiger charge is 2.16. The van der Waals surface area contributed by atoms with Gasteiger partial charge in [0.05, 0.1) is 0 Å². The molecule has 3 amide bonds. The Hall–Kier alpha value is -3.95. The fourth-order valence-electron chi connectivity index (χ4n) is 2.37. The Morgan fingerprint density at radius 2 is 1.52 bits per heavy atom. The largest absolute Gasteiger partial charge is 0.504 e. The van der Waals surface area contributed by atoms with E-state index in [2.05, 4.69) is 16.0 Å². The smallest absolute Gasteiger partial charge is 0.408 e. The highest BCUT2D eigenvalue weighted by Crippen LogP contribution is 2.35. The number of anilines is 1. The van der Waals surface area contributed by atoms with Crippen LogP contribution in [0.4, 0.5) is 10.5 Å². The van der Waals surface area contributed by atoms with E-state index in [1.54, 1.807) is 45.0 Å². The van der Waals surface area contributed by atoms with Crippen LogP contribution in [-0.2, 0) is 16.1 Å². The lowest BCUT2D eigenvalue weighted by molar-refractivity contribution is -0.120. The lowest BCUT2D eigenvalue weighted by atomic mass is 10.1. The number of hydrogen-bond donors (Lipinski definition) is 6. The van der Waals surface area contributed by atoms with E-state index in [1.807, 2.05) is 0 Å². The van der Waals surface area contributed by atoms with Gasteiger partial charge >= 0.3 is 6.09 Å². The molecule has 0 radical (unpaired) electrons. The van der Waals surface area contributed by atoms with Crippen LogP contribution in [0.5, 0.6) is 17.2 Å². The van der Waals surface area contributed by atoms with Crippen LogP contribution < -0.4 is 16.0 Å². The molecule has 2 aromatic rings. The molecule has 2 rings (SSSR count). The highest BCUT2D eigenvalue weighted by molar-refractivity contribution is 6.05. The van der Waals surface area contributed by atoms with Gasteiger partial charge in [-0.25, -0.2) is 4.79 Å². The van der Waals surface area contributed by atoms with Crippen molar-refractivity contribution in [3.8, 4) is 17.2 Å². The Kier molecular flexibility index (Phi) is 7.30. The average Bonchev–Trinajstić information content (AvgIpc) is 2.68. The van der Waals surface area contributed by atoms with Crippen molar-refractivity contribution in [2.45, 2.75) is 32.9 Å². The van der Waals surface area contributed by atoms with Crippen molar-refractivity contribution >= 4 is 23.6 Å². The summed E-state index contributed by atoms with van der Waals surface area (Å²) in [6, 6.07) is 8.64. The van der Waals surface area contributed by atoms with Crippen LogP contribution in [-0.4, -0.2) is 45.4 Å². The zero-order valence-corrected chi connectivity index (χ0v) is 17.4. The van der Waals surface area contributed by atoms with Gasteiger partial charge in [0.1, 0.15) is 12.1 Å². The molecule has 10 nitrogen and oxygen atoms in total. The van der Waals surface area contributed by atoms with Gasteiger partial charge in [-0.1, -0.05) is 12.1 Å². The lowest BCUT2D eigenvalue weighted by Crippen LogP contribution is -2.39. The van der Waals surface area contributed by atoms with E-state index < -0.39 is 40.8 Å². The summed E-state index contributed by atoms with van der Waals surface area (Å²) >= 11 is 0. The van der Waals surface area contributed by atoms with Crippen molar-refractivity contribution in [2.75, 3.05) is 11.9 Å². The normalized spacial score (nSPS) is 10.8. The number of rotatable bonds is 6. The topological polar surface area (TPSA) is 157 Å². The molecule has 10 heteroatoms. The fourth-order valence-corrected chi connectivity index (χ4v) is 2.37. The minimum Gasteiger partial charge on any atom is -0.504 e. The zero-order valence-electron chi connectivity index (χ0n) is 17.4. The maximum Gasteiger partial charge on any atom is 0.408 e. The molecule has 0 heterocycles. The summed E-state index contributed by atoms with van der Waals surface area (Å²) in [5.74, 6) is -2.92. The SMILES string of the molecule is CC(C)(C)OC(=O)NCC(=O)NCc1ccc(NC(=O)c2cc(O)c(O)c(O)c2)cc1. The number of carbonyl (C=O) groups is 3. The first kappa shape index (κ1) is 23.3. The summed E-state index contributed by atoms with van der Waals surface area (Å²) < 4.78 is 5.04. The minimum atomic E-state index is -0.704. The maximum atomic E-state index is 12.2. The van der Waals surface area contributed by atoms with Gasteiger partial charge in [-0.2, -0.15) is 0 Å². The van der Waals surface area contributed by atoms with Crippen LogP contribution in [0.2, 0.25) is 0 Å². The standard InChI is InChI=1S/C21H25N3O7/c1-21(2,3)31-20(30)23-11-17(27)22-10-12-4-6-14(7-5-12)24-19(29)13-8-15(25)18(28)16(26)9-13/h4-9,25-26,28H,10-11H2,1-3H3,(H,22,27)(H,23,30)(H,24,29). The number of ether oxygens (including phenoxy) is 1. The molecule has 166 valence electrons. The molecule has 0 saturated carbocycles. The monoisotopic (exact) mass is 431 g/mol. The van der Waals surface area contributed by atoms with Gasteiger partial charge in [-0.3, -0.25) is 9.59 Å². The average molecular weight is 431 g/mol. The first-order chi connectivity index (χ1) is 14.4. The first-order valence-corrected chi connectivity index (χ1v) is 9.33. The molecule has 0 saturated heterocycles. The van der Waals surface area contributed by atoms with E-state index in [-0.39, 0.29) is 18.7 Å². The van der Waals surface area contributed by atoms with Gasteiger partial charge in [0.2, 0.25) is 5.91 Å². The number of phenolic OH excluding ortho intramolecular Hbond substituents is 3. The van der Waals surface area contributed by atoms with Crippen molar-refractivity contribution < 1.29 is 34.4 Å². The predicted molar refractivity (Wildman–Crippen MR) is 112 cm³/mol. The van der Waals surface area contributed by atoms with Crippen LogP contribution in [0.1, 0.15) is 36.7 Å². The molecule has 0 fully saturated rings. The molecule has 0 atom stereocenters. The van der Waals surface area contributed by atoms with Gasteiger partial charge < -0.3 is 36.0 Å². The molecule has 0 aliphatic carbocycles. The molecule has 6 N–H and O–H groups in total. The van der Waals surface area contributed by atoms with E-state index in [0.717, 1.165) is 17.7 Å². The number of alkyl carbamates (subject to hydrolysis) is 1. The Balaban J connectivity index is 1.83. The Labute approximate surface area is 178 Å². The maximum absolute atomic E-state index is 12.2. The van der Waals surface area contributed by atoms with Gasteiger partial charge in [0.15, 0.2) is 17.2 Å². The van der Waals surface area contributed by atoms with E-state index in [9.17, 15) is 29.7 Å². The van der Waals surface area contributed by atoms with Crippen molar-refractivity contribution in [3.63, 3.8) is 0 Å². The van der Waals surface area contributed by atoms with E-state index in [0.29, 0.717) is 5.69 Å². The highest BCUT2D eigenvalue weighted by atomic mass is 16.6. The van der Waals surface area contributed by atoms with E-state index in [4.69, 9.17) is 4.74 Å². The lowest BCUT2D eigenvalue weighted by Gasteiger charge is -2.19. The summed E-state index contributed by atoms with van der Waals surface area (Å²) in [6.07, 6.45) is -0.682. The Morgan fingerprint density at radius 1 is 0.935 bits per heavy atom. The van der Waals surface area contributed by atoms with Crippen LogP contribution in [0, 0.1) is 0 Å². The number of phenols is 3. The number of nitrogens with one attached hydrogen (secondary N) is 3. The van der Waals surface area contributed by atoms with E-state index >= 15 is 0 Å².